The smallest absolute Gasteiger partial charge is 0.254 e. The van der Waals surface area contributed by atoms with Crippen LogP contribution in [0.5, 0.6) is 0 Å². The number of piperidine rings is 1. The molecule has 6 nitrogen and oxygen atoms in total. The van der Waals surface area contributed by atoms with Crippen molar-refractivity contribution in [2.45, 2.75) is 39.2 Å². The molecule has 1 aliphatic rings. The van der Waals surface area contributed by atoms with Gasteiger partial charge in [0, 0.05) is 29.7 Å². The number of carbonyl (C=O) groups excluding carboxylic acids is 1. The van der Waals surface area contributed by atoms with Crippen molar-refractivity contribution in [3.05, 3.63) is 65.4 Å². The van der Waals surface area contributed by atoms with Gasteiger partial charge in [-0.1, -0.05) is 18.2 Å². The first kappa shape index (κ1) is 17.4. The number of hydrogen-bond acceptors (Lipinski definition) is 4. The monoisotopic (exact) mass is 361 g/mol. The highest BCUT2D eigenvalue weighted by Gasteiger charge is 2.31. The van der Waals surface area contributed by atoms with Crippen molar-refractivity contribution in [2.24, 2.45) is 0 Å². The van der Waals surface area contributed by atoms with E-state index in [4.69, 9.17) is 4.98 Å². The Balaban J connectivity index is 1.70. The van der Waals surface area contributed by atoms with Gasteiger partial charge in [-0.25, -0.2) is 15.0 Å². The molecule has 3 aromatic rings. The second-order valence-electron chi connectivity index (χ2n) is 7.04. The van der Waals surface area contributed by atoms with E-state index in [0.717, 1.165) is 48.7 Å². The number of benzene rings is 1. The molecule has 0 unspecified atom stereocenters. The third kappa shape index (κ3) is 3.60. The fourth-order valence-corrected chi connectivity index (χ4v) is 3.59. The maximum atomic E-state index is 13.1. The van der Waals surface area contributed by atoms with E-state index in [2.05, 4.69) is 15.0 Å². The lowest BCUT2D eigenvalue weighted by molar-refractivity contribution is 0.0599. The summed E-state index contributed by atoms with van der Waals surface area (Å²) in [6, 6.07) is 11.3. The van der Waals surface area contributed by atoms with Crippen molar-refractivity contribution in [1.29, 1.82) is 0 Å². The van der Waals surface area contributed by atoms with E-state index < -0.39 is 0 Å². The summed E-state index contributed by atoms with van der Waals surface area (Å²) in [5, 5.41) is 0. The third-order valence-electron chi connectivity index (χ3n) is 4.90. The Kier molecular flexibility index (Phi) is 4.71. The van der Waals surface area contributed by atoms with Crippen LogP contribution < -0.4 is 0 Å². The molecule has 1 aliphatic heterocycles. The number of carbonyl (C=O) groups is 1. The minimum Gasteiger partial charge on any atom is -0.341 e. The van der Waals surface area contributed by atoms with Crippen molar-refractivity contribution in [3.63, 3.8) is 0 Å². The number of aromatic nitrogens is 4. The van der Waals surface area contributed by atoms with Crippen LogP contribution in [0.3, 0.4) is 0 Å². The average Bonchev–Trinajstić information content (AvgIpc) is 3.14. The van der Waals surface area contributed by atoms with E-state index >= 15 is 0 Å². The number of aromatic amines is 1. The molecular formula is C21H23N5O. The van der Waals surface area contributed by atoms with Gasteiger partial charge in [0.1, 0.15) is 5.69 Å². The van der Waals surface area contributed by atoms with Crippen molar-refractivity contribution in [3.8, 4) is 11.5 Å². The number of aryl methyl sites for hydroxylation is 2. The maximum absolute atomic E-state index is 13.1. The Labute approximate surface area is 158 Å². The molecule has 1 saturated heterocycles. The van der Waals surface area contributed by atoms with E-state index in [0.29, 0.717) is 11.4 Å². The SMILES string of the molecule is Cc1cc(-c2ncc(C)[nH]2)nc([C@@H]2CCCCN2C(=O)c2ccccc2)n1. The topological polar surface area (TPSA) is 74.8 Å². The summed E-state index contributed by atoms with van der Waals surface area (Å²) in [6.45, 7) is 4.65. The molecule has 1 aromatic carbocycles. The van der Waals surface area contributed by atoms with Crippen LogP contribution in [0.4, 0.5) is 0 Å². The molecule has 0 bridgehead atoms. The van der Waals surface area contributed by atoms with Crippen molar-refractivity contribution in [2.75, 3.05) is 6.54 Å². The van der Waals surface area contributed by atoms with E-state index in [-0.39, 0.29) is 11.9 Å². The van der Waals surface area contributed by atoms with Crippen molar-refractivity contribution >= 4 is 5.91 Å². The van der Waals surface area contributed by atoms with Crippen LogP contribution in [-0.2, 0) is 0 Å². The molecule has 1 amide bonds. The fourth-order valence-electron chi connectivity index (χ4n) is 3.59. The van der Waals surface area contributed by atoms with E-state index in [1.165, 1.54) is 0 Å². The van der Waals surface area contributed by atoms with Crippen LogP contribution in [0, 0.1) is 13.8 Å². The van der Waals surface area contributed by atoms with Crippen LogP contribution in [0.25, 0.3) is 11.5 Å². The molecule has 0 radical (unpaired) electrons. The highest BCUT2D eigenvalue weighted by atomic mass is 16.2. The van der Waals surface area contributed by atoms with E-state index in [9.17, 15) is 4.79 Å². The van der Waals surface area contributed by atoms with Gasteiger partial charge in [0.2, 0.25) is 0 Å². The molecule has 0 saturated carbocycles. The zero-order chi connectivity index (χ0) is 18.8. The summed E-state index contributed by atoms with van der Waals surface area (Å²) in [5.41, 5.74) is 3.34. The van der Waals surface area contributed by atoms with Crippen molar-refractivity contribution < 1.29 is 4.79 Å². The molecule has 6 heteroatoms. The molecule has 0 spiro atoms. The predicted molar refractivity (Wildman–Crippen MR) is 103 cm³/mol. The summed E-state index contributed by atoms with van der Waals surface area (Å²) >= 11 is 0. The first-order valence-corrected chi connectivity index (χ1v) is 9.35. The van der Waals surface area contributed by atoms with Gasteiger partial charge in [0.25, 0.3) is 5.91 Å². The largest absolute Gasteiger partial charge is 0.341 e. The Morgan fingerprint density at radius 2 is 1.96 bits per heavy atom. The van der Waals surface area contributed by atoms with Gasteiger partial charge < -0.3 is 9.88 Å². The standard InChI is InChI=1S/C21H23N5O/c1-14-12-17(19-22-13-15(2)24-19)25-20(23-14)18-10-6-7-11-26(18)21(27)16-8-4-3-5-9-16/h3-5,8-9,12-13,18H,6-7,10-11H2,1-2H3,(H,22,24)/t18-/m0/s1. The van der Waals surface area contributed by atoms with Crippen LogP contribution in [0.15, 0.2) is 42.6 Å². The van der Waals surface area contributed by atoms with E-state index in [1.807, 2.05) is 55.1 Å². The molecule has 1 N–H and O–H groups in total. The number of hydrogen-bond donors (Lipinski definition) is 1. The van der Waals surface area contributed by atoms with E-state index in [1.54, 1.807) is 6.20 Å². The second-order valence-corrected chi connectivity index (χ2v) is 7.04. The molecule has 27 heavy (non-hydrogen) atoms. The highest BCUT2D eigenvalue weighted by molar-refractivity contribution is 5.94. The lowest BCUT2D eigenvalue weighted by atomic mass is 9.99. The molecule has 4 rings (SSSR count). The number of likely N-dealkylation sites (tertiary alicyclic amines) is 1. The average molecular weight is 361 g/mol. The van der Waals surface area contributed by atoms with Gasteiger partial charge in [-0.3, -0.25) is 4.79 Å². The van der Waals surface area contributed by atoms with Crippen molar-refractivity contribution in [1.82, 2.24) is 24.8 Å². The first-order valence-electron chi connectivity index (χ1n) is 9.35. The van der Waals surface area contributed by atoms with Crippen LogP contribution in [0.1, 0.15) is 52.9 Å². The van der Waals surface area contributed by atoms with Gasteiger partial charge in [-0.15, -0.1) is 0 Å². The minimum atomic E-state index is -0.110. The number of nitrogens with one attached hydrogen (secondary N) is 1. The normalized spacial score (nSPS) is 17.1. The maximum Gasteiger partial charge on any atom is 0.254 e. The summed E-state index contributed by atoms with van der Waals surface area (Å²) < 4.78 is 0. The molecular weight excluding hydrogens is 338 g/mol. The summed E-state index contributed by atoms with van der Waals surface area (Å²) in [7, 11) is 0. The molecule has 0 aliphatic carbocycles. The number of nitrogens with zero attached hydrogens (tertiary/aromatic N) is 4. The Hall–Kier alpha value is -3.02. The number of amides is 1. The van der Waals surface area contributed by atoms with Gasteiger partial charge in [-0.2, -0.15) is 0 Å². The molecule has 1 atom stereocenters. The first-order chi connectivity index (χ1) is 13.1. The Bertz CT molecular complexity index is 950. The van der Waals surface area contributed by atoms with Gasteiger partial charge in [0.15, 0.2) is 11.6 Å². The quantitative estimate of drug-likeness (QED) is 0.769. The molecule has 2 aromatic heterocycles. The van der Waals surface area contributed by atoms with Crippen LogP contribution in [-0.4, -0.2) is 37.3 Å². The summed E-state index contributed by atoms with van der Waals surface area (Å²) in [6.07, 6.45) is 4.73. The van der Waals surface area contributed by atoms with Crippen LogP contribution in [0.2, 0.25) is 0 Å². The summed E-state index contributed by atoms with van der Waals surface area (Å²) in [4.78, 5) is 32.1. The molecule has 3 heterocycles. The highest BCUT2D eigenvalue weighted by Crippen LogP contribution is 2.31. The Morgan fingerprint density at radius 1 is 1.15 bits per heavy atom. The second kappa shape index (κ2) is 7.31. The summed E-state index contributed by atoms with van der Waals surface area (Å²) in [5.74, 6) is 1.47. The third-order valence-corrected chi connectivity index (χ3v) is 4.90. The number of imidazole rings is 1. The number of H-pyrrole nitrogens is 1. The Morgan fingerprint density at radius 3 is 2.70 bits per heavy atom. The lowest BCUT2D eigenvalue weighted by Gasteiger charge is -2.35. The fraction of sp³-hybridized carbons (Fsp3) is 0.333. The van der Waals surface area contributed by atoms with Gasteiger partial charge >= 0.3 is 0 Å². The van der Waals surface area contributed by atoms with Gasteiger partial charge in [-0.05, 0) is 51.3 Å². The zero-order valence-electron chi connectivity index (χ0n) is 15.6. The lowest BCUT2D eigenvalue weighted by Crippen LogP contribution is -2.39. The molecule has 138 valence electrons. The number of rotatable bonds is 3. The van der Waals surface area contributed by atoms with Gasteiger partial charge in [0.05, 0.1) is 6.04 Å². The predicted octanol–water partition coefficient (Wildman–Crippen LogP) is 3.85. The zero-order valence-corrected chi connectivity index (χ0v) is 15.6. The van der Waals surface area contributed by atoms with Crippen LogP contribution >= 0.6 is 0 Å². The molecule has 1 fully saturated rings. The minimum absolute atomic E-state index is 0.0424.